The molecule has 0 radical (unpaired) electrons. The normalized spacial score (nSPS) is 20.2. The first kappa shape index (κ1) is 15.3. The maximum absolute atomic E-state index is 11.8. The number of aromatic nitrogens is 1. The summed E-state index contributed by atoms with van der Waals surface area (Å²) in [6.45, 7) is 2.73. The van der Waals surface area contributed by atoms with Gasteiger partial charge in [-0.2, -0.15) is 0 Å². The van der Waals surface area contributed by atoms with Gasteiger partial charge in [0, 0.05) is 37.6 Å². The van der Waals surface area contributed by atoms with Crippen molar-refractivity contribution in [3.8, 4) is 0 Å². The van der Waals surface area contributed by atoms with Gasteiger partial charge < -0.3 is 15.2 Å². The number of primary amides is 1. The van der Waals surface area contributed by atoms with Crippen LogP contribution in [-0.2, 0) is 18.4 Å². The van der Waals surface area contributed by atoms with Gasteiger partial charge in [-0.3, -0.25) is 9.59 Å². The molecule has 3 rings (SSSR count). The average Bonchev–Trinajstić information content (AvgIpc) is 2.53. The van der Waals surface area contributed by atoms with Crippen molar-refractivity contribution in [1.29, 1.82) is 0 Å². The molecule has 120 valence electrons. The molecule has 2 N–H and O–H groups in total. The van der Waals surface area contributed by atoms with Crippen LogP contribution in [0, 0.1) is 0 Å². The van der Waals surface area contributed by atoms with Crippen molar-refractivity contribution >= 4 is 11.6 Å². The number of para-hydroxylation sites is 1. The number of rotatable bonds is 3. The summed E-state index contributed by atoms with van der Waals surface area (Å²) in [5.41, 5.74) is 8.52. The Labute approximate surface area is 135 Å². The van der Waals surface area contributed by atoms with Gasteiger partial charge in [0.1, 0.15) is 0 Å². The van der Waals surface area contributed by atoms with E-state index in [0.717, 1.165) is 16.8 Å². The highest BCUT2D eigenvalue weighted by molar-refractivity contribution is 5.85. The topological polar surface area (TPSA) is 68.3 Å². The van der Waals surface area contributed by atoms with Crippen molar-refractivity contribution in [3.63, 3.8) is 0 Å². The van der Waals surface area contributed by atoms with E-state index in [1.54, 1.807) is 23.9 Å². The standard InChI is InChI=1S/C18H21N3O2/c1-12-9-15(18(19)23)14-5-3-4-6-16(14)21(12)11-13-7-8-20(2)17(22)10-13/h3-8,10,12,15H,9,11H2,1-2H3,(H2,19,23)/t12-,15-/m0/s1. The second kappa shape index (κ2) is 5.91. The molecule has 1 aromatic carbocycles. The van der Waals surface area contributed by atoms with Crippen LogP contribution in [0.2, 0.25) is 0 Å². The monoisotopic (exact) mass is 311 g/mol. The number of benzene rings is 1. The molecule has 2 aromatic rings. The van der Waals surface area contributed by atoms with Crippen molar-refractivity contribution in [1.82, 2.24) is 4.57 Å². The van der Waals surface area contributed by atoms with Crippen LogP contribution in [0.15, 0.2) is 47.4 Å². The summed E-state index contributed by atoms with van der Waals surface area (Å²) in [7, 11) is 1.74. The summed E-state index contributed by atoms with van der Waals surface area (Å²) in [6, 6.07) is 11.7. The zero-order valence-electron chi connectivity index (χ0n) is 13.4. The zero-order chi connectivity index (χ0) is 16.6. The summed E-state index contributed by atoms with van der Waals surface area (Å²) in [4.78, 5) is 25.8. The predicted octanol–water partition coefficient (Wildman–Crippen LogP) is 1.75. The maximum Gasteiger partial charge on any atom is 0.250 e. The lowest BCUT2D eigenvalue weighted by Gasteiger charge is -2.40. The SMILES string of the molecule is C[C@H]1C[C@H](C(N)=O)c2ccccc2N1Cc1ccn(C)c(=O)c1. The number of pyridine rings is 1. The Balaban J connectivity index is 1.98. The molecule has 23 heavy (non-hydrogen) atoms. The number of nitrogens with two attached hydrogens (primary N) is 1. The molecule has 5 heteroatoms. The van der Waals surface area contributed by atoms with E-state index in [1.165, 1.54) is 0 Å². The summed E-state index contributed by atoms with van der Waals surface area (Å²) >= 11 is 0. The fourth-order valence-electron chi connectivity index (χ4n) is 3.27. The summed E-state index contributed by atoms with van der Waals surface area (Å²) in [6.07, 6.45) is 2.47. The third kappa shape index (κ3) is 2.86. The number of carbonyl (C=O) groups is 1. The van der Waals surface area contributed by atoms with Crippen molar-refractivity contribution in [2.45, 2.75) is 31.8 Å². The smallest absolute Gasteiger partial charge is 0.250 e. The molecule has 2 heterocycles. The largest absolute Gasteiger partial charge is 0.369 e. The third-order valence-electron chi connectivity index (χ3n) is 4.60. The van der Waals surface area contributed by atoms with Gasteiger partial charge in [-0.1, -0.05) is 18.2 Å². The zero-order valence-corrected chi connectivity index (χ0v) is 13.4. The highest BCUT2D eigenvalue weighted by Crippen LogP contribution is 2.38. The first-order valence-electron chi connectivity index (χ1n) is 7.78. The Hall–Kier alpha value is -2.56. The molecule has 0 saturated heterocycles. The van der Waals surface area contributed by atoms with Gasteiger partial charge in [-0.15, -0.1) is 0 Å². The number of hydrogen-bond donors (Lipinski definition) is 1. The Morgan fingerprint density at radius 2 is 2.04 bits per heavy atom. The van der Waals surface area contributed by atoms with E-state index in [2.05, 4.69) is 11.8 Å². The van der Waals surface area contributed by atoms with Crippen molar-refractivity contribution in [2.24, 2.45) is 12.8 Å². The van der Waals surface area contributed by atoms with Crippen LogP contribution >= 0.6 is 0 Å². The molecular formula is C18H21N3O2. The van der Waals surface area contributed by atoms with Gasteiger partial charge in [-0.25, -0.2) is 0 Å². The minimum absolute atomic E-state index is 0.0181. The van der Waals surface area contributed by atoms with Gasteiger partial charge in [0.2, 0.25) is 5.91 Å². The molecule has 1 aliphatic rings. The number of fused-ring (bicyclic) bond motifs is 1. The van der Waals surface area contributed by atoms with Gasteiger partial charge in [-0.05, 0) is 36.6 Å². The van der Waals surface area contributed by atoms with Gasteiger partial charge in [0.15, 0.2) is 0 Å². The molecule has 0 bridgehead atoms. The fourth-order valence-corrected chi connectivity index (χ4v) is 3.27. The Morgan fingerprint density at radius 3 is 2.74 bits per heavy atom. The Bertz CT molecular complexity index is 797. The predicted molar refractivity (Wildman–Crippen MR) is 90.3 cm³/mol. The molecule has 0 spiro atoms. The molecular weight excluding hydrogens is 290 g/mol. The molecule has 1 amide bonds. The minimum Gasteiger partial charge on any atom is -0.369 e. The van der Waals surface area contributed by atoms with Crippen LogP contribution in [-0.4, -0.2) is 16.5 Å². The number of carbonyl (C=O) groups excluding carboxylic acids is 1. The summed E-state index contributed by atoms with van der Waals surface area (Å²) < 4.78 is 1.56. The molecule has 1 aromatic heterocycles. The highest BCUT2D eigenvalue weighted by atomic mass is 16.1. The van der Waals surface area contributed by atoms with Gasteiger partial charge in [0.05, 0.1) is 5.92 Å². The molecule has 0 fully saturated rings. The third-order valence-corrected chi connectivity index (χ3v) is 4.60. The fraction of sp³-hybridized carbons (Fsp3) is 0.333. The lowest BCUT2D eigenvalue weighted by atomic mass is 9.85. The molecule has 2 atom stereocenters. The van der Waals surface area contributed by atoms with E-state index < -0.39 is 0 Å². The van der Waals surface area contributed by atoms with E-state index in [1.807, 2.05) is 30.3 Å². The van der Waals surface area contributed by atoms with Crippen molar-refractivity contribution in [2.75, 3.05) is 4.90 Å². The van der Waals surface area contributed by atoms with E-state index in [0.29, 0.717) is 13.0 Å². The van der Waals surface area contributed by atoms with E-state index in [-0.39, 0.29) is 23.4 Å². The Kier molecular flexibility index (Phi) is 3.94. The van der Waals surface area contributed by atoms with Crippen molar-refractivity contribution in [3.05, 3.63) is 64.1 Å². The van der Waals surface area contributed by atoms with Crippen molar-refractivity contribution < 1.29 is 4.79 Å². The van der Waals surface area contributed by atoms with Gasteiger partial charge >= 0.3 is 0 Å². The van der Waals surface area contributed by atoms with E-state index >= 15 is 0 Å². The van der Waals surface area contributed by atoms with Crippen LogP contribution in [0.1, 0.15) is 30.4 Å². The van der Waals surface area contributed by atoms with Crippen LogP contribution in [0.4, 0.5) is 5.69 Å². The number of anilines is 1. The lowest BCUT2D eigenvalue weighted by Crippen LogP contribution is -2.41. The Morgan fingerprint density at radius 1 is 1.30 bits per heavy atom. The second-order valence-electron chi connectivity index (χ2n) is 6.21. The molecule has 0 unspecified atom stereocenters. The molecule has 5 nitrogen and oxygen atoms in total. The summed E-state index contributed by atoms with van der Waals surface area (Å²) in [5, 5.41) is 0. The number of aryl methyl sites for hydroxylation is 1. The van der Waals surface area contributed by atoms with Crippen LogP contribution in [0.3, 0.4) is 0 Å². The number of nitrogens with zero attached hydrogens (tertiary/aromatic N) is 2. The van der Waals surface area contributed by atoms with Crippen LogP contribution in [0.5, 0.6) is 0 Å². The maximum atomic E-state index is 11.8. The minimum atomic E-state index is -0.280. The molecule has 1 aliphatic heterocycles. The number of amides is 1. The van der Waals surface area contributed by atoms with E-state index in [9.17, 15) is 9.59 Å². The quantitative estimate of drug-likeness (QED) is 0.939. The first-order chi connectivity index (χ1) is 11.0. The first-order valence-corrected chi connectivity index (χ1v) is 7.78. The van der Waals surface area contributed by atoms with Crippen LogP contribution < -0.4 is 16.2 Å². The van der Waals surface area contributed by atoms with Gasteiger partial charge in [0.25, 0.3) is 5.56 Å². The van der Waals surface area contributed by atoms with E-state index in [4.69, 9.17) is 5.73 Å². The second-order valence-corrected chi connectivity index (χ2v) is 6.21. The average molecular weight is 311 g/mol. The molecule has 0 aliphatic carbocycles. The number of hydrogen-bond acceptors (Lipinski definition) is 3. The molecule has 0 saturated carbocycles. The van der Waals surface area contributed by atoms with Crippen LogP contribution in [0.25, 0.3) is 0 Å². The summed E-state index contributed by atoms with van der Waals surface area (Å²) in [5.74, 6) is -0.529. The lowest BCUT2D eigenvalue weighted by molar-refractivity contribution is -0.119. The highest BCUT2D eigenvalue weighted by Gasteiger charge is 2.32.